The van der Waals surface area contributed by atoms with Gasteiger partial charge in [0.2, 0.25) is 11.1 Å². The molecule has 0 aliphatic carbocycles. The number of amides is 3. The van der Waals surface area contributed by atoms with Crippen LogP contribution in [-0.4, -0.2) is 32.9 Å². The number of thioether (sulfide) groups is 1. The quantitative estimate of drug-likeness (QED) is 0.361. The number of nitrogens with one attached hydrogen (secondary N) is 4. The van der Waals surface area contributed by atoms with Gasteiger partial charge in [-0.2, -0.15) is 0 Å². The number of rotatable bonds is 7. The van der Waals surface area contributed by atoms with Crippen LogP contribution in [0.3, 0.4) is 0 Å². The Balaban J connectivity index is 1.34. The number of benzene rings is 2. The maximum absolute atomic E-state index is 11.9. The van der Waals surface area contributed by atoms with Crippen LogP contribution in [0, 0.1) is 0 Å². The summed E-state index contributed by atoms with van der Waals surface area (Å²) in [6.07, 6.45) is 0.643. The first-order chi connectivity index (χ1) is 13.7. The molecule has 1 aromatic heterocycles. The molecule has 144 valence electrons. The minimum atomic E-state index is -0.481. The van der Waals surface area contributed by atoms with E-state index in [9.17, 15) is 9.59 Å². The summed E-state index contributed by atoms with van der Waals surface area (Å²) in [7, 11) is 0. The lowest BCUT2D eigenvalue weighted by atomic mass is 10.1. The van der Waals surface area contributed by atoms with E-state index in [2.05, 4.69) is 31.3 Å². The van der Waals surface area contributed by atoms with E-state index < -0.39 is 6.03 Å². The van der Waals surface area contributed by atoms with Gasteiger partial charge < -0.3 is 5.32 Å². The van der Waals surface area contributed by atoms with Crippen LogP contribution >= 0.6 is 11.8 Å². The lowest BCUT2D eigenvalue weighted by Gasteiger charge is -2.08. The number of hydrazine groups is 1. The highest BCUT2D eigenvalue weighted by atomic mass is 32.2. The molecule has 0 bridgehead atoms. The number of carbonyl (C=O) groups is 2. The summed E-state index contributed by atoms with van der Waals surface area (Å²) in [5, 5.41) is 10.1. The molecule has 3 rings (SSSR count). The second-order valence-electron chi connectivity index (χ2n) is 5.86. The fourth-order valence-electron chi connectivity index (χ4n) is 2.33. The SMILES string of the molecule is O=C(CSc1n[nH]c(Cc2ccccc2)n1)NNC(=O)NCc1ccccc1. The molecule has 9 heteroatoms. The van der Waals surface area contributed by atoms with Crippen molar-refractivity contribution in [1.82, 2.24) is 31.3 Å². The molecule has 0 saturated heterocycles. The molecule has 0 aliphatic rings. The molecule has 3 amide bonds. The number of carbonyl (C=O) groups excluding carboxylic acids is 2. The Morgan fingerprint density at radius 2 is 1.61 bits per heavy atom. The van der Waals surface area contributed by atoms with Crippen LogP contribution in [0.5, 0.6) is 0 Å². The number of hydrogen-bond donors (Lipinski definition) is 4. The van der Waals surface area contributed by atoms with Crippen LogP contribution in [0.1, 0.15) is 17.0 Å². The molecule has 0 atom stereocenters. The van der Waals surface area contributed by atoms with Crippen LogP contribution in [0.2, 0.25) is 0 Å². The number of H-pyrrole nitrogens is 1. The van der Waals surface area contributed by atoms with Crippen molar-refractivity contribution in [3.8, 4) is 0 Å². The highest BCUT2D eigenvalue weighted by molar-refractivity contribution is 7.99. The van der Waals surface area contributed by atoms with Gasteiger partial charge >= 0.3 is 6.03 Å². The Kier molecular flexibility index (Phi) is 7.02. The Morgan fingerprint density at radius 3 is 2.32 bits per heavy atom. The maximum atomic E-state index is 11.9. The fourth-order valence-corrected chi connectivity index (χ4v) is 2.94. The van der Waals surface area contributed by atoms with E-state index in [0.717, 1.165) is 17.0 Å². The number of aromatic amines is 1. The highest BCUT2D eigenvalue weighted by Gasteiger charge is 2.09. The monoisotopic (exact) mass is 396 g/mol. The topological polar surface area (TPSA) is 112 Å². The average Bonchev–Trinajstić information content (AvgIpc) is 3.18. The van der Waals surface area contributed by atoms with Gasteiger partial charge in [-0.05, 0) is 11.1 Å². The van der Waals surface area contributed by atoms with Gasteiger partial charge in [-0.3, -0.25) is 15.3 Å². The normalized spacial score (nSPS) is 10.3. The van der Waals surface area contributed by atoms with Crippen molar-refractivity contribution in [3.63, 3.8) is 0 Å². The second-order valence-corrected chi connectivity index (χ2v) is 6.80. The van der Waals surface area contributed by atoms with Gasteiger partial charge in [-0.1, -0.05) is 72.4 Å². The average molecular weight is 396 g/mol. The number of urea groups is 1. The van der Waals surface area contributed by atoms with Crippen LogP contribution in [0.4, 0.5) is 4.79 Å². The van der Waals surface area contributed by atoms with Gasteiger partial charge in [-0.15, -0.1) is 5.10 Å². The van der Waals surface area contributed by atoms with Crippen molar-refractivity contribution < 1.29 is 9.59 Å². The zero-order chi connectivity index (χ0) is 19.6. The predicted molar refractivity (Wildman–Crippen MR) is 106 cm³/mol. The van der Waals surface area contributed by atoms with Crippen molar-refractivity contribution in [1.29, 1.82) is 0 Å². The molecular weight excluding hydrogens is 376 g/mol. The zero-order valence-corrected chi connectivity index (χ0v) is 15.8. The van der Waals surface area contributed by atoms with E-state index in [-0.39, 0.29) is 11.7 Å². The first-order valence-corrected chi connectivity index (χ1v) is 9.62. The molecule has 0 saturated carbocycles. The maximum Gasteiger partial charge on any atom is 0.333 e. The minimum Gasteiger partial charge on any atom is -0.333 e. The highest BCUT2D eigenvalue weighted by Crippen LogP contribution is 2.13. The Hall–Kier alpha value is -3.33. The Bertz CT molecular complexity index is 901. The summed E-state index contributed by atoms with van der Waals surface area (Å²) in [5.74, 6) is 0.462. The van der Waals surface area contributed by atoms with Gasteiger partial charge in [0, 0.05) is 13.0 Å². The summed E-state index contributed by atoms with van der Waals surface area (Å²) in [6, 6.07) is 18.9. The molecule has 0 aliphatic heterocycles. The number of aromatic nitrogens is 3. The van der Waals surface area contributed by atoms with Gasteiger partial charge in [0.15, 0.2) is 0 Å². The lowest BCUT2D eigenvalue weighted by molar-refractivity contribution is -0.119. The zero-order valence-electron chi connectivity index (χ0n) is 15.0. The standard InChI is InChI=1S/C19H20N6O2S/c26-17(23-24-18(27)20-12-15-9-5-2-6-10-15)13-28-19-21-16(22-25-19)11-14-7-3-1-4-8-14/h1-10H,11-13H2,(H,23,26)(H2,20,24,27)(H,21,22,25). The summed E-state index contributed by atoms with van der Waals surface area (Å²) in [6.45, 7) is 0.374. The molecule has 0 fully saturated rings. The summed E-state index contributed by atoms with van der Waals surface area (Å²) in [5.41, 5.74) is 6.76. The molecule has 0 spiro atoms. The van der Waals surface area contributed by atoms with Crippen molar-refractivity contribution in [2.45, 2.75) is 18.1 Å². The molecular formula is C19H20N6O2S. The lowest BCUT2D eigenvalue weighted by Crippen LogP contribution is -2.47. The first-order valence-electron chi connectivity index (χ1n) is 8.63. The van der Waals surface area contributed by atoms with E-state index in [1.165, 1.54) is 11.8 Å². The van der Waals surface area contributed by atoms with Crippen LogP contribution in [0.25, 0.3) is 0 Å². The van der Waals surface area contributed by atoms with Gasteiger partial charge in [0.05, 0.1) is 5.75 Å². The largest absolute Gasteiger partial charge is 0.333 e. The number of nitrogens with zero attached hydrogens (tertiary/aromatic N) is 2. The van der Waals surface area contributed by atoms with Gasteiger partial charge in [0.25, 0.3) is 0 Å². The van der Waals surface area contributed by atoms with Crippen molar-refractivity contribution in [3.05, 3.63) is 77.6 Å². The van der Waals surface area contributed by atoms with E-state index in [0.29, 0.717) is 18.1 Å². The molecule has 4 N–H and O–H groups in total. The Labute approximate surface area is 166 Å². The summed E-state index contributed by atoms with van der Waals surface area (Å²) >= 11 is 1.18. The van der Waals surface area contributed by atoms with E-state index in [1.807, 2.05) is 60.7 Å². The molecule has 0 radical (unpaired) electrons. The summed E-state index contributed by atoms with van der Waals surface area (Å²) in [4.78, 5) is 27.9. The molecule has 8 nitrogen and oxygen atoms in total. The van der Waals surface area contributed by atoms with Crippen molar-refractivity contribution in [2.75, 3.05) is 5.75 Å². The van der Waals surface area contributed by atoms with E-state index in [4.69, 9.17) is 0 Å². The minimum absolute atomic E-state index is 0.0849. The van der Waals surface area contributed by atoms with E-state index >= 15 is 0 Å². The van der Waals surface area contributed by atoms with Crippen LogP contribution < -0.4 is 16.2 Å². The smallest absolute Gasteiger partial charge is 0.333 e. The molecule has 0 unspecified atom stereocenters. The van der Waals surface area contributed by atoms with Crippen molar-refractivity contribution >= 4 is 23.7 Å². The first kappa shape index (κ1) is 19.4. The molecule has 3 aromatic rings. The van der Waals surface area contributed by atoms with Crippen LogP contribution in [-0.2, 0) is 17.8 Å². The fraction of sp³-hybridized carbons (Fsp3) is 0.158. The predicted octanol–water partition coefficient (Wildman–Crippen LogP) is 2.02. The van der Waals surface area contributed by atoms with Crippen LogP contribution in [0.15, 0.2) is 65.8 Å². The third-order valence-corrected chi connectivity index (χ3v) is 4.52. The molecule has 28 heavy (non-hydrogen) atoms. The third-order valence-electron chi connectivity index (χ3n) is 3.67. The Morgan fingerprint density at radius 1 is 0.929 bits per heavy atom. The van der Waals surface area contributed by atoms with Crippen molar-refractivity contribution in [2.24, 2.45) is 0 Å². The third kappa shape index (κ3) is 6.44. The molecule has 2 aromatic carbocycles. The van der Waals surface area contributed by atoms with Gasteiger partial charge in [0.1, 0.15) is 5.82 Å². The second kappa shape index (κ2) is 10.1. The number of hydrogen-bond acceptors (Lipinski definition) is 5. The molecule has 1 heterocycles. The van der Waals surface area contributed by atoms with E-state index in [1.54, 1.807) is 0 Å². The summed E-state index contributed by atoms with van der Waals surface area (Å²) < 4.78 is 0. The van der Waals surface area contributed by atoms with Gasteiger partial charge in [-0.25, -0.2) is 15.2 Å².